The molecule has 23 heavy (non-hydrogen) atoms. The van der Waals surface area contributed by atoms with E-state index in [9.17, 15) is 4.79 Å². The second-order valence-electron chi connectivity index (χ2n) is 5.89. The van der Waals surface area contributed by atoms with Gasteiger partial charge in [0.15, 0.2) is 5.82 Å². The monoisotopic (exact) mass is 331 g/mol. The molecule has 1 N–H and O–H groups in total. The van der Waals surface area contributed by atoms with Crippen molar-refractivity contribution < 1.29 is 4.79 Å². The van der Waals surface area contributed by atoms with E-state index in [4.69, 9.17) is 0 Å². The highest BCUT2D eigenvalue weighted by Gasteiger charge is 2.17. The van der Waals surface area contributed by atoms with Gasteiger partial charge >= 0.3 is 0 Å². The Morgan fingerprint density at radius 3 is 2.78 bits per heavy atom. The topological polar surface area (TPSA) is 72.7 Å². The number of amides is 1. The fourth-order valence-electron chi connectivity index (χ4n) is 2.86. The molecule has 1 fully saturated rings. The smallest absolute Gasteiger partial charge is 0.230 e. The SMILES string of the molecule is Cc1cc(C)n(-c2cc(SCC(=O)NC3CCCC3)ncn2)n1. The highest BCUT2D eigenvalue weighted by atomic mass is 32.2. The van der Waals surface area contributed by atoms with Gasteiger partial charge in [-0.1, -0.05) is 24.6 Å². The van der Waals surface area contributed by atoms with Crippen LogP contribution in [0.25, 0.3) is 5.82 Å². The summed E-state index contributed by atoms with van der Waals surface area (Å²) in [6.45, 7) is 3.94. The van der Waals surface area contributed by atoms with Crippen LogP contribution in [0.5, 0.6) is 0 Å². The number of carbonyl (C=O) groups excluding carboxylic acids is 1. The molecule has 7 heteroatoms. The third-order valence-electron chi connectivity index (χ3n) is 3.93. The Labute approximate surface area is 140 Å². The highest BCUT2D eigenvalue weighted by Crippen LogP contribution is 2.20. The molecule has 1 amide bonds. The molecule has 122 valence electrons. The van der Waals surface area contributed by atoms with Gasteiger partial charge in [0, 0.05) is 17.8 Å². The van der Waals surface area contributed by atoms with Crippen LogP contribution in [0.2, 0.25) is 0 Å². The molecule has 0 saturated heterocycles. The summed E-state index contributed by atoms with van der Waals surface area (Å²) < 4.78 is 1.79. The van der Waals surface area contributed by atoms with E-state index < -0.39 is 0 Å². The number of hydrogen-bond donors (Lipinski definition) is 1. The molecule has 1 aliphatic rings. The summed E-state index contributed by atoms with van der Waals surface area (Å²) in [5.74, 6) is 1.18. The quantitative estimate of drug-likeness (QED) is 0.673. The molecule has 2 aromatic rings. The van der Waals surface area contributed by atoms with E-state index in [2.05, 4.69) is 20.4 Å². The molecule has 0 atom stereocenters. The Balaban J connectivity index is 1.61. The fraction of sp³-hybridized carbons (Fsp3) is 0.500. The van der Waals surface area contributed by atoms with Crippen molar-refractivity contribution in [3.63, 3.8) is 0 Å². The highest BCUT2D eigenvalue weighted by molar-refractivity contribution is 7.99. The zero-order valence-corrected chi connectivity index (χ0v) is 14.3. The first-order chi connectivity index (χ1) is 11.1. The zero-order valence-electron chi connectivity index (χ0n) is 13.5. The number of thioether (sulfide) groups is 1. The van der Waals surface area contributed by atoms with Gasteiger partial charge in [0.1, 0.15) is 11.4 Å². The van der Waals surface area contributed by atoms with Crippen molar-refractivity contribution >= 4 is 17.7 Å². The van der Waals surface area contributed by atoms with Crippen LogP contribution in [0.15, 0.2) is 23.5 Å². The van der Waals surface area contributed by atoms with E-state index in [1.807, 2.05) is 26.0 Å². The summed E-state index contributed by atoms with van der Waals surface area (Å²) in [6, 6.07) is 4.23. The summed E-state index contributed by atoms with van der Waals surface area (Å²) in [6.07, 6.45) is 6.16. The van der Waals surface area contributed by atoms with Crippen molar-refractivity contribution in [2.24, 2.45) is 0 Å². The maximum Gasteiger partial charge on any atom is 0.230 e. The van der Waals surface area contributed by atoms with Gasteiger partial charge in [0.25, 0.3) is 0 Å². The van der Waals surface area contributed by atoms with E-state index in [-0.39, 0.29) is 5.91 Å². The first kappa shape index (κ1) is 16.0. The zero-order chi connectivity index (χ0) is 16.2. The third kappa shape index (κ3) is 4.10. The van der Waals surface area contributed by atoms with E-state index >= 15 is 0 Å². The van der Waals surface area contributed by atoms with Crippen molar-refractivity contribution in [3.8, 4) is 5.82 Å². The molecular formula is C16H21N5OS. The number of carbonyl (C=O) groups is 1. The number of nitrogens with one attached hydrogen (secondary N) is 1. The largest absolute Gasteiger partial charge is 0.353 e. The minimum atomic E-state index is 0.0770. The summed E-state index contributed by atoms with van der Waals surface area (Å²) in [4.78, 5) is 20.5. The second-order valence-corrected chi connectivity index (χ2v) is 6.89. The molecule has 3 rings (SSSR count). The average Bonchev–Trinajstić information content (AvgIpc) is 3.15. The molecule has 0 radical (unpaired) electrons. The van der Waals surface area contributed by atoms with E-state index in [0.717, 1.165) is 35.1 Å². The molecular weight excluding hydrogens is 310 g/mol. The molecule has 0 aliphatic heterocycles. The molecule has 6 nitrogen and oxygen atoms in total. The van der Waals surface area contributed by atoms with Gasteiger partial charge in [-0.3, -0.25) is 4.79 Å². The molecule has 2 heterocycles. The van der Waals surface area contributed by atoms with Gasteiger partial charge in [-0.05, 0) is 32.8 Å². The molecule has 1 aliphatic carbocycles. The van der Waals surface area contributed by atoms with Crippen LogP contribution in [0.3, 0.4) is 0 Å². The third-order valence-corrected chi connectivity index (χ3v) is 4.85. The van der Waals surface area contributed by atoms with Crippen LogP contribution in [-0.4, -0.2) is 37.5 Å². The molecule has 1 saturated carbocycles. The lowest BCUT2D eigenvalue weighted by Crippen LogP contribution is -2.33. The molecule has 0 spiro atoms. The number of aromatic nitrogens is 4. The van der Waals surface area contributed by atoms with Gasteiger partial charge in [-0.25, -0.2) is 14.6 Å². The lowest BCUT2D eigenvalue weighted by molar-refractivity contribution is -0.119. The van der Waals surface area contributed by atoms with Crippen LogP contribution in [0, 0.1) is 13.8 Å². The van der Waals surface area contributed by atoms with Gasteiger partial charge in [0.05, 0.1) is 11.4 Å². The van der Waals surface area contributed by atoms with Crippen LogP contribution in [0.1, 0.15) is 37.1 Å². The Morgan fingerprint density at radius 1 is 1.30 bits per heavy atom. The number of nitrogens with zero attached hydrogens (tertiary/aromatic N) is 4. The van der Waals surface area contributed by atoms with Crippen LogP contribution in [-0.2, 0) is 4.79 Å². The number of hydrogen-bond acceptors (Lipinski definition) is 5. The first-order valence-corrected chi connectivity index (χ1v) is 8.88. The van der Waals surface area contributed by atoms with E-state index in [1.54, 1.807) is 4.68 Å². The van der Waals surface area contributed by atoms with Crippen molar-refractivity contribution in [1.29, 1.82) is 0 Å². The summed E-state index contributed by atoms with van der Waals surface area (Å²) >= 11 is 1.43. The van der Waals surface area contributed by atoms with Crippen LogP contribution >= 0.6 is 11.8 Å². The van der Waals surface area contributed by atoms with E-state index in [0.29, 0.717) is 11.8 Å². The van der Waals surface area contributed by atoms with Crippen molar-refractivity contribution in [1.82, 2.24) is 25.1 Å². The van der Waals surface area contributed by atoms with Crippen LogP contribution in [0.4, 0.5) is 0 Å². The summed E-state index contributed by atoms with van der Waals surface area (Å²) in [7, 11) is 0. The average molecular weight is 331 g/mol. The predicted octanol–water partition coefficient (Wildman–Crippen LogP) is 2.43. The normalized spacial score (nSPS) is 15.0. The van der Waals surface area contributed by atoms with Gasteiger partial charge in [0.2, 0.25) is 5.91 Å². The fourth-order valence-corrected chi connectivity index (χ4v) is 3.54. The van der Waals surface area contributed by atoms with Crippen molar-refractivity contribution in [2.45, 2.75) is 50.6 Å². The minimum absolute atomic E-state index is 0.0770. The summed E-state index contributed by atoms with van der Waals surface area (Å²) in [5.41, 5.74) is 1.97. The van der Waals surface area contributed by atoms with Crippen LogP contribution < -0.4 is 5.32 Å². The van der Waals surface area contributed by atoms with Crippen molar-refractivity contribution in [2.75, 3.05) is 5.75 Å². The van der Waals surface area contributed by atoms with Gasteiger partial charge in [-0.15, -0.1) is 0 Å². The Kier molecular flexibility index (Phi) is 4.95. The second kappa shape index (κ2) is 7.12. The number of aryl methyl sites for hydroxylation is 2. The van der Waals surface area contributed by atoms with Crippen molar-refractivity contribution in [3.05, 3.63) is 29.8 Å². The standard InChI is InChI=1S/C16H21N5OS/c1-11-7-12(2)21(20-11)14-8-16(18-10-17-14)23-9-15(22)19-13-5-3-4-6-13/h7-8,10,13H,3-6,9H2,1-2H3,(H,19,22). The van der Waals surface area contributed by atoms with Gasteiger partial charge < -0.3 is 5.32 Å². The Bertz CT molecular complexity index is 694. The lowest BCUT2D eigenvalue weighted by atomic mass is 10.2. The van der Waals surface area contributed by atoms with E-state index in [1.165, 1.54) is 30.9 Å². The summed E-state index contributed by atoms with van der Waals surface area (Å²) in [5, 5.41) is 8.29. The Morgan fingerprint density at radius 2 is 2.09 bits per heavy atom. The maximum absolute atomic E-state index is 12.0. The Hall–Kier alpha value is -1.89. The predicted molar refractivity (Wildman–Crippen MR) is 89.8 cm³/mol. The maximum atomic E-state index is 12.0. The molecule has 0 aromatic carbocycles. The first-order valence-electron chi connectivity index (χ1n) is 7.89. The lowest BCUT2D eigenvalue weighted by Gasteiger charge is -2.11. The van der Waals surface area contributed by atoms with Gasteiger partial charge in [-0.2, -0.15) is 5.10 Å². The molecule has 0 bridgehead atoms. The molecule has 2 aromatic heterocycles. The number of rotatable bonds is 5. The minimum Gasteiger partial charge on any atom is -0.353 e. The molecule has 0 unspecified atom stereocenters.